The van der Waals surface area contributed by atoms with Gasteiger partial charge in [-0.2, -0.15) is 0 Å². The van der Waals surface area contributed by atoms with E-state index in [1.54, 1.807) is 31.0 Å². The van der Waals surface area contributed by atoms with Crippen molar-refractivity contribution in [3.05, 3.63) is 35.1 Å². The van der Waals surface area contributed by atoms with Crippen LogP contribution in [0, 0.1) is 24.6 Å². The summed E-state index contributed by atoms with van der Waals surface area (Å²) in [6.45, 7) is 5.79. The quantitative estimate of drug-likeness (QED) is 0.889. The number of benzene rings is 1. The lowest BCUT2D eigenvalue weighted by Gasteiger charge is -2.25. The highest BCUT2D eigenvalue weighted by atomic mass is 19.1. The molecule has 1 aromatic rings. The van der Waals surface area contributed by atoms with Crippen molar-refractivity contribution < 1.29 is 14.3 Å². The van der Waals surface area contributed by atoms with E-state index < -0.39 is 0 Å². The third-order valence-electron chi connectivity index (χ3n) is 3.34. The van der Waals surface area contributed by atoms with Crippen molar-refractivity contribution in [3.63, 3.8) is 0 Å². The normalized spacial score (nSPS) is 12.6. The summed E-state index contributed by atoms with van der Waals surface area (Å²) in [6, 6.07) is 4.83. The molecule has 19 heavy (non-hydrogen) atoms. The van der Waals surface area contributed by atoms with Gasteiger partial charge < -0.3 is 10.0 Å². The Bertz CT molecular complexity index is 446. The van der Waals surface area contributed by atoms with Crippen LogP contribution in [-0.4, -0.2) is 29.6 Å². The minimum absolute atomic E-state index is 0.0838. The minimum Gasteiger partial charge on any atom is -0.396 e. The molecule has 1 atom stereocenters. The van der Waals surface area contributed by atoms with E-state index >= 15 is 0 Å². The second kappa shape index (κ2) is 6.66. The maximum Gasteiger partial charge on any atom is 0.228 e. The predicted octanol–water partition coefficient (Wildman–Crippen LogP) is 2.36. The molecule has 3 nitrogen and oxygen atoms in total. The molecule has 0 heterocycles. The van der Waals surface area contributed by atoms with E-state index in [0.717, 1.165) is 5.56 Å². The van der Waals surface area contributed by atoms with Gasteiger partial charge in [0.2, 0.25) is 5.91 Å². The van der Waals surface area contributed by atoms with E-state index in [1.807, 2.05) is 13.8 Å². The molecule has 0 bridgehead atoms. The highest BCUT2D eigenvalue weighted by Crippen LogP contribution is 2.16. The lowest BCUT2D eigenvalue weighted by atomic mass is 9.95. The number of carbonyl (C=O) groups is 1. The van der Waals surface area contributed by atoms with Gasteiger partial charge >= 0.3 is 0 Å². The molecule has 1 unspecified atom stereocenters. The molecule has 0 aliphatic carbocycles. The largest absolute Gasteiger partial charge is 0.396 e. The number of aliphatic hydroxyl groups excluding tert-OH is 1. The van der Waals surface area contributed by atoms with Crippen LogP contribution in [0.15, 0.2) is 18.2 Å². The van der Waals surface area contributed by atoms with Crippen molar-refractivity contribution in [1.29, 1.82) is 0 Å². The maximum atomic E-state index is 13.2. The number of aryl methyl sites for hydroxylation is 1. The molecule has 1 rings (SSSR count). The average Bonchev–Trinajstić information content (AvgIpc) is 2.34. The first-order chi connectivity index (χ1) is 8.86. The first-order valence-corrected chi connectivity index (χ1v) is 6.47. The Morgan fingerprint density at radius 1 is 1.42 bits per heavy atom. The standard InChI is InChI=1S/C15H22FNO2/c1-10(2)13(9-18)15(19)17(4)8-12-5-6-14(16)11(3)7-12/h5-7,10,13,18H,8-9H2,1-4H3. The van der Waals surface area contributed by atoms with Crippen LogP contribution in [-0.2, 0) is 11.3 Å². The molecule has 0 spiro atoms. The Hall–Kier alpha value is -1.42. The van der Waals surface area contributed by atoms with Crippen molar-refractivity contribution in [2.45, 2.75) is 27.3 Å². The molecule has 0 saturated carbocycles. The highest BCUT2D eigenvalue weighted by Gasteiger charge is 2.24. The zero-order valence-electron chi connectivity index (χ0n) is 12.0. The van der Waals surface area contributed by atoms with Gasteiger partial charge in [-0.05, 0) is 30.0 Å². The van der Waals surface area contributed by atoms with E-state index in [1.165, 1.54) is 6.07 Å². The van der Waals surface area contributed by atoms with Crippen LogP contribution in [0.1, 0.15) is 25.0 Å². The van der Waals surface area contributed by atoms with Gasteiger partial charge in [0, 0.05) is 13.6 Å². The predicted molar refractivity (Wildman–Crippen MR) is 73.0 cm³/mol. The number of amides is 1. The third kappa shape index (κ3) is 4.03. The maximum absolute atomic E-state index is 13.2. The zero-order chi connectivity index (χ0) is 14.6. The fourth-order valence-corrected chi connectivity index (χ4v) is 2.01. The third-order valence-corrected chi connectivity index (χ3v) is 3.34. The molecule has 1 aromatic carbocycles. The fraction of sp³-hybridized carbons (Fsp3) is 0.533. The highest BCUT2D eigenvalue weighted by molar-refractivity contribution is 5.78. The van der Waals surface area contributed by atoms with Crippen molar-refractivity contribution in [1.82, 2.24) is 4.90 Å². The number of nitrogens with zero attached hydrogens (tertiary/aromatic N) is 1. The van der Waals surface area contributed by atoms with Gasteiger partial charge in [0.05, 0.1) is 12.5 Å². The number of hydrogen-bond acceptors (Lipinski definition) is 2. The van der Waals surface area contributed by atoms with Gasteiger partial charge in [0.15, 0.2) is 0 Å². The molecule has 0 aliphatic heterocycles. The van der Waals surface area contributed by atoms with E-state index in [0.29, 0.717) is 12.1 Å². The molecule has 1 N–H and O–H groups in total. The lowest BCUT2D eigenvalue weighted by Crippen LogP contribution is -2.36. The molecule has 0 radical (unpaired) electrons. The Kier molecular flexibility index (Phi) is 5.48. The topological polar surface area (TPSA) is 40.5 Å². The molecular weight excluding hydrogens is 245 g/mol. The first-order valence-electron chi connectivity index (χ1n) is 6.47. The summed E-state index contributed by atoms with van der Waals surface area (Å²) >= 11 is 0. The van der Waals surface area contributed by atoms with Crippen molar-refractivity contribution in [2.75, 3.05) is 13.7 Å². The zero-order valence-corrected chi connectivity index (χ0v) is 12.0. The molecular formula is C15H22FNO2. The number of hydrogen-bond donors (Lipinski definition) is 1. The number of halogens is 1. The van der Waals surface area contributed by atoms with Gasteiger partial charge in [-0.25, -0.2) is 4.39 Å². The van der Waals surface area contributed by atoms with Crippen molar-refractivity contribution >= 4 is 5.91 Å². The van der Waals surface area contributed by atoms with Gasteiger partial charge in [-0.3, -0.25) is 4.79 Å². The van der Waals surface area contributed by atoms with Crippen LogP contribution in [0.5, 0.6) is 0 Å². The van der Waals surface area contributed by atoms with Crippen LogP contribution in [0.25, 0.3) is 0 Å². The van der Waals surface area contributed by atoms with Crippen LogP contribution >= 0.6 is 0 Å². The average molecular weight is 267 g/mol. The summed E-state index contributed by atoms with van der Waals surface area (Å²) in [6.07, 6.45) is 0. The summed E-state index contributed by atoms with van der Waals surface area (Å²) in [5.74, 6) is -0.617. The monoisotopic (exact) mass is 267 g/mol. The molecule has 106 valence electrons. The molecule has 1 amide bonds. The van der Waals surface area contributed by atoms with Gasteiger partial charge in [0.25, 0.3) is 0 Å². The first kappa shape index (κ1) is 15.6. The summed E-state index contributed by atoms with van der Waals surface area (Å²) in [5, 5.41) is 9.27. The summed E-state index contributed by atoms with van der Waals surface area (Å²) in [7, 11) is 1.70. The molecule has 0 saturated heterocycles. The van der Waals surface area contributed by atoms with Gasteiger partial charge in [-0.1, -0.05) is 26.0 Å². The van der Waals surface area contributed by atoms with E-state index in [2.05, 4.69) is 0 Å². The smallest absolute Gasteiger partial charge is 0.228 e. The Labute approximate surface area is 114 Å². The van der Waals surface area contributed by atoms with Gasteiger partial charge in [0.1, 0.15) is 5.82 Å². The summed E-state index contributed by atoms with van der Waals surface area (Å²) in [4.78, 5) is 13.7. The number of carbonyl (C=O) groups excluding carboxylic acids is 1. The molecule has 0 aromatic heterocycles. The van der Waals surface area contributed by atoms with Crippen LogP contribution in [0.3, 0.4) is 0 Å². The van der Waals surface area contributed by atoms with E-state index in [-0.39, 0.29) is 30.2 Å². The summed E-state index contributed by atoms with van der Waals surface area (Å²) < 4.78 is 13.2. The van der Waals surface area contributed by atoms with Crippen LogP contribution < -0.4 is 0 Å². The second-order valence-corrected chi connectivity index (χ2v) is 5.31. The summed E-state index contributed by atoms with van der Waals surface area (Å²) in [5.41, 5.74) is 1.45. The lowest BCUT2D eigenvalue weighted by molar-refractivity contribution is -0.137. The minimum atomic E-state index is -0.383. The Morgan fingerprint density at radius 3 is 2.53 bits per heavy atom. The second-order valence-electron chi connectivity index (χ2n) is 5.31. The fourth-order valence-electron chi connectivity index (χ4n) is 2.01. The SMILES string of the molecule is Cc1cc(CN(C)C(=O)C(CO)C(C)C)ccc1F. The molecule has 0 aliphatic rings. The van der Waals surface area contributed by atoms with Crippen molar-refractivity contribution in [3.8, 4) is 0 Å². The Balaban J connectivity index is 2.75. The van der Waals surface area contributed by atoms with Gasteiger partial charge in [-0.15, -0.1) is 0 Å². The number of aliphatic hydroxyl groups is 1. The Morgan fingerprint density at radius 2 is 2.05 bits per heavy atom. The van der Waals surface area contributed by atoms with Crippen molar-refractivity contribution in [2.24, 2.45) is 11.8 Å². The van der Waals surface area contributed by atoms with E-state index in [4.69, 9.17) is 0 Å². The number of rotatable bonds is 5. The van der Waals surface area contributed by atoms with E-state index in [9.17, 15) is 14.3 Å². The molecule has 4 heteroatoms. The molecule has 0 fully saturated rings. The van der Waals surface area contributed by atoms with Crippen LogP contribution in [0.2, 0.25) is 0 Å². The van der Waals surface area contributed by atoms with Crippen LogP contribution in [0.4, 0.5) is 4.39 Å².